The standard InChI is InChI=1S/C16H24BrNO2S/c1-3-4-9-20-16(19)13-7-5-12(6-8-13)11(2)15-18-10-14(17)21-15/h10-13H,3-9H2,1-2H3. The third kappa shape index (κ3) is 4.78. The Morgan fingerprint density at radius 1 is 1.48 bits per heavy atom. The normalized spacial score (nSPS) is 23.8. The molecule has 118 valence electrons. The molecule has 1 unspecified atom stereocenters. The maximum absolute atomic E-state index is 12.0. The van der Waals surface area contributed by atoms with E-state index in [0.717, 1.165) is 42.3 Å². The number of thiazole rings is 1. The van der Waals surface area contributed by atoms with Crippen molar-refractivity contribution in [3.8, 4) is 0 Å². The Bertz CT molecular complexity index is 455. The summed E-state index contributed by atoms with van der Waals surface area (Å²) in [5.41, 5.74) is 0. The Morgan fingerprint density at radius 2 is 2.19 bits per heavy atom. The highest BCUT2D eigenvalue weighted by atomic mass is 79.9. The van der Waals surface area contributed by atoms with Gasteiger partial charge in [-0.3, -0.25) is 4.79 Å². The molecule has 2 rings (SSSR count). The number of rotatable bonds is 6. The van der Waals surface area contributed by atoms with Crippen LogP contribution in [0.3, 0.4) is 0 Å². The number of nitrogens with zero attached hydrogens (tertiary/aromatic N) is 1. The van der Waals surface area contributed by atoms with Crippen LogP contribution in [-0.4, -0.2) is 17.6 Å². The van der Waals surface area contributed by atoms with Gasteiger partial charge in [0.15, 0.2) is 0 Å². The first kappa shape index (κ1) is 16.9. The lowest BCUT2D eigenvalue weighted by Gasteiger charge is -2.30. The molecule has 5 heteroatoms. The summed E-state index contributed by atoms with van der Waals surface area (Å²) in [4.78, 5) is 16.5. The van der Waals surface area contributed by atoms with Crippen LogP contribution in [0, 0.1) is 11.8 Å². The predicted octanol–water partition coefficient (Wildman–Crippen LogP) is 5.16. The van der Waals surface area contributed by atoms with Crippen LogP contribution in [0.15, 0.2) is 9.98 Å². The van der Waals surface area contributed by atoms with Crippen molar-refractivity contribution in [3.63, 3.8) is 0 Å². The van der Waals surface area contributed by atoms with E-state index in [4.69, 9.17) is 4.74 Å². The molecule has 0 radical (unpaired) electrons. The van der Waals surface area contributed by atoms with Crippen molar-refractivity contribution in [2.75, 3.05) is 6.61 Å². The minimum Gasteiger partial charge on any atom is -0.465 e. The van der Waals surface area contributed by atoms with E-state index in [1.54, 1.807) is 11.3 Å². The number of aromatic nitrogens is 1. The maximum Gasteiger partial charge on any atom is 0.308 e. The van der Waals surface area contributed by atoms with Gasteiger partial charge in [0.2, 0.25) is 0 Å². The topological polar surface area (TPSA) is 39.2 Å². The van der Waals surface area contributed by atoms with Crippen LogP contribution < -0.4 is 0 Å². The third-order valence-electron chi connectivity index (χ3n) is 4.44. The van der Waals surface area contributed by atoms with Crippen molar-refractivity contribution in [2.24, 2.45) is 11.8 Å². The van der Waals surface area contributed by atoms with Gasteiger partial charge in [-0.2, -0.15) is 0 Å². The van der Waals surface area contributed by atoms with Gasteiger partial charge in [-0.1, -0.05) is 20.3 Å². The summed E-state index contributed by atoms with van der Waals surface area (Å²) in [6.45, 7) is 4.95. The van der Waals surface area contributed by atoms with Gasteiger partial charge in [0.05, 0.1) is 27.5 Å². The fourth-order valence-electron chi connectivity index (χ4n) is 2.97. The van der Waals surface area contributed by atoms with Crippen molar-refractivity contribution >= 4 is 33.2 Å². The van der Waals surface area contributed by atoms with Crippen LogP contribution in [-0.2, 0) is 9.53 Å². The summed E-state index contributed by atoms with van der Waals surface area (Å²) in [7, 11) is 0. The molecule has 0 N–H and O–H groups in total. The molecule has 1 heterocycles. The first-order chi connectivity index (χ1) is 10.1. The van der Waals surface area contributed by atoms with E-state index in [-0.39, 0.29) is 11.9 Å². The van der Waals surface area contributed by atoms with Crippen LogP contribution in [0.4, 0.5) is 0 Å². The average Bonchev–Trinajstić information content (AvgIpc) is 2.93. The van der Waals surface area contributed by atoms with Crippen LogP contribution in [0.1, 0.15) is 63.3 Å². The van der Waals surface area contributed by atoms with Crippen LogP contribution in [0.25, 0.3) is 0 Å². The first-order valence-corrected chi connectivity index (χ1v) is 9.50. The number of halogens is 1. The van der Waals surface area contributed by atoms with Crippen molar-refractivity contribution in [3.05, 3.63) is 15.0 Å². The van der Waals surface area contributed by atoms with Crippen molar-refractivity contribution in [1.82, 2.24) is 4.98 Å². The molecule has 1 aromatic heterocycles. The zero-order valence-corrected chi connectivity index (χ0v) is 15.2. The highest BCUT2D eigenvalue weighted by molar-refractivity contribution is 9.11. The summed E-state index contributed by atoms with van der Waals surface area (Å²) in [5, 5.41) is 1.20. The monoisotopic (exact) mass is 373 g/mol. The maximum atomic E-state index is 12.0. The molecule has 1 aliphatic rings. The Balaban J connectivity index is 1.78. The third-order valence-corrected chi connectivity index (χ3v) is 6.12. The highest BCUT2D eigenvalue weighted by Gasteiger charge is 2.31. The second-order valence-electron chi connectivity index (χ2n) is 5.92. The van der Waals surface area contributed by atoms with Gasteiger partial charge in [0.1, 0.15) is 0 Å². The average molecular weight is 374 g/mol. The Kier molecular flexibility index (Phi) is 6.68. The summed E-state index contributed by atoms with van der Waals surface area (Å²) in [6.07, 6.45) is 8.06. The quantitative estimate of drug-likeness (QED) is 0.510. The molecule has 0 aromatic carbocycles. The van der Waals surface area contributed by atoms with E-state index >= 15 is 0 Å². The van der Waals surface area contributed by atoms with Gasteiger partial charge in [-0.15, -0.1) is 11.3 Å². The van der Waals surface area contributed by atoms with E-state index in [0.29, 0.717) is 18.4 Å². The van der Waals surface area contributed by atoms with Crippen molar-refractivity contribution < 1.29 is 9.53 Å². The van der Waals surface area contributed by atoms with Crippen LogP contribution in [0.5, 0.6) is 0 Å². The molecule has 1 atom stereocenters. The van der Waals surface area contributed by atoms with Gasteiger partial charge in [0, 0.05) is 5.92 Å². The molecule has 1 aromatic rings. The number of carbonyl (C=O) groups is 1. The Morgan fingerprint density at radius 3 is 2.76 bits per heavy atom. The zero-order valence-electron chi connectivity index (χ0n) is 12.8. The van der Waals surface area contributed by atoms with Crippen LogP contribution >= 0.6 is 27.3 Å². The predicted molar refractivity (Wildman–Crippen MR) is 89.5 cm³/mol. The second kappa shape index (κ2) is 8.28. The lowest BCUT2D eigenvalue weighted by Crippen LogP contribution is -2.26. The summed E-state index contributed by atoms with van der Waals surface area (Å²) >= 11 is 5.20. The molecule has 3 nitrogen and oxygen atoms in total. The van der Waals surface area contributed by atoms with E-state index < -0.39 is 0 Å². The van der Waals surface area contributed by atoms with Gasteiger partial charge in [0.25, 0.3) is 0 Å². The number of esters is 1. The lowest BCUT2D eigenvalue weighted by molar-refractivity contribution is -0.150. The molecule has 1 saturated carbocycles. The number of carbonyl (C=O) groups excluding carboxylic acids is 1. The fraction of sp³-hybridized carbons (Fsp3) is 0.750. The number of hydrogen-bond acceptors (Lipinski definition) is 4. The minimum atomic E-state index is 0.0200. The smallest absolute Gasteiger partial charge is 0.308 e. The molecule has 0 aliphatic heterocycles. The first-order valence-electron chi connectivity index (χ1n) is 7.89. The molecular formula is C16H24BrNO2S. The number of unbranched alkanes of at least 4 members (excludes halogenated alkanes) is 1. The van der Waals surface area contributed by atoms with Crippen LogP contribution in [0.2, 0.25) is 0 Å². The zero-order chi connectivity index (χ0) is 15.2. The highest BCUT2D eigenvalue weighted by Crippen LogP contribution is 2.40. The largest absolute Gasteiger partial charge is 0.465 e. The SMILES string of the molecule is CCCCOC(=O)C1CCC(C(C)c2ncc(Br)s2)CC1. The molecular weight excluding hydrogens is 350 g/mol. The molecule has 0 amide bonds. The number of ether oxygens (including phenoxy) is 1. The molecule has 0 saturated heterocycles. The van der Waals surface area contributed by atoms with Gasteiger partial charge in [-0.05, 0) is 54.0 Å². The molecule has 21 heavy (non-hydrogen) atoms. The van der Waals surface area contributed by atoms with Gasteiger partial charge >= 0.3 is 5.97 Å². The fourth-order valence-corrected chi connectivity index (χ4v) is 4.36. The van der Waals surface area contributed by atoms with Gasteiger partial charge in [-0.25, -0.2) is 4.98 Å². The van der Waals surface area contributed by atoms with E-state index in [9.17, 15) is 4.79 Å². The summed E-state index contributed by atoms with van der Waals surface area (Å²) < 4.78 is 6.45. The minimum absolute atomic E-state index is 0.0200. The van der Waals surface area contributed by atoms with Crippen molar-refractivity contribution in [1.29, 1.82) is 0 Å². The summed E-state index contributed by atoms with van der Waals surface area (Å²) in [5.74, 6) is 1.26. The van der Waals surface area contributed by atoms with Gasteiger partial charge < -0.3 is 4.74 Å². The van der Waals surface area contributed by atoms with E-state index in [1.165, 1.54) is 5.01 Å². The van der Waals surface area contributed by atoms with Crippen molar-refractivity contribution in [2.45, 2.75) is 58.3 Å². The van der Waals surface area contributed by atoms with E-state index in [1.807, 2.05) is 6.20 Å². The molecule has 1 fully saturated rings. The second-order valence-corrected chi connectivity index (χ2v) is 8.37. The number of hydrogen-bond donors (Lipinski definition) is 0. The molecule has 0 bridgehead atoms. The summed E-state index contributed by atoms with van der Waals surface area (Å²) in [6, 6.07) is 0. The Hall–Kier alpha value is -0.420. The Labute approximate surface area is 139 Å². The van der Waals surface area contributed by atoms with E-state index in [2.05, 4.69) is 34.8 Å². The molecule has 0 spiro atoms. The molecule has 1 aliphatic carbocycles. The lowest BCUT2D eigenvalue weighted by atomic mass is 9.76.